The van der Waals surface area contributed by atoms with Crippen LogP contribution in [-0.2, 0) is 4.79 Å². The number of benzene rings is 2. The van der Waals surface area contributed by atoms with Crippen molar-refractivity contribution in [2.24, 2.45) is 0 Å². The lowest BCUT2D eigenvalue weighted by Gasteiger charge is -2.19. The minimum atomic E-state index is -0.206. The van der Waals surface area contributed by atoms with Gasteiger partial charge in [0.2, 0.25) is 5.91 Å². The number of carbonyl (C=O) groups is 1. The molecule has 0 aliphatic carbocycles. The molecule has 5 rings (SSSR count). The van der Waals surface area contributed by atoms with Gasteiger partial charge in [0.05, 0.1) is 17.0 Å². The van der Waals surface area contributed by atoms with Gasteiger partial charge in [0.25, 0.3) is 5.56 Å². The Morgan fingerprint density at radius 1 is 1.16 bits per heavy atom. The number of thioether (sulfide) groups is 1. The van der Waals surface area contributed by atoms with Crippen LogP contribution in [0.5, 0.6) is 11.5 Å². The number of para-hydroxylation sites is 1. The number of rotatable bonds is 5. The number of hydrogen-bond donors (Lipinski definition) is 1. The van der Waals surface area contributed by atoms with Crippen molar-refractivity contribution in [1.82, 2.24) is 9.55 Å². The number of carbonyl (C=O) groups excluding carboxylic acids is 1. The molecule has 4 aromatic rings. The molecule has 1 amide bonds. The van der Waals surface area contributed by atoms with Crippen LogP contribution in [0.15, 0.2) is 63.9 Å². The predicted molar refractivity (Wildman–Crippen MR) is 127 cm³/mol. The van der Waals surface area contributed by atoms with Crippen LogP contribution in [0, 0.1) is 6.92 Å². The molecular weight excluding hydrogens is 446 g/mol. The van der Waals surface area contributed by atoms with Gasteiger partial charge in [-0.05, 0) is 42.1 Å². The Hall–Kier alpha value is -3.30. The van der Waals surface area contributed by atoms with Crippen molar-refractivity contribution < 1.29 is 14.3 Å². The minimum absolute atomic E-state index is 0.0996. The van der Waals surface area contributed by atoms with Gasteiger partial charge in [-0.25, -0.2) is 4.98 Å². The van der Waals surface area contributed by atoms with Crippen LogP contribution in [0.3, 0.4) is 0 Å². The summed E-state index contributed by atoms with van der Waals surface area (Å²) < 4.78 is 13.3. The van der Waals surface area contributed by atoms with Gasteiger partial charge in [-0.2, -0.15) is 0 Å². The molecule has 1 aliphatic rings. The molecule has 3 heterocycles. The van der Waals surface area contributed by atoms with Crippen LogP contribution in [0.2, 0.25) is 0 Å². The van der Waals surface area contributed by atoms with Crippen LogP contribution in [0.4, 0.5) is 5.69 Å². The average Bonchev–Trinajstić information content (AvgIpc) is 3.28. The highest BCUT2D eigenvalue weighted by atomic mass is 32.2. The Labute approximate surface area is 192 Å². The number of nitrogens with one attached hydrogen (secondary N) is 1. The Bertz CT molecular complexity index is 1380. The third kappa shape index (κ3) is 3.96. The molecule has 1 aliphatic heterocycles. The molecule has 0 radical (unpaired) electrons. The summed E-state index contributed by atoms with van der Waals surface area (Å²) in [6.07, 6.45) is 0. The molecule has 1 N–H and O–H groups in total. The van der Waals surface area contributed by atoms with Gasteiger partial charge in [-0.1, -0.05) is 30.0 Å². The largest absolute Gasteiger partial charge is 0.486 e. The maximum absolute atomic E-state index is 13.2. The first-order valence-corrected chi connectivity index (χ1v) is 11.9. The lowest BCUT2D eigenvalue weighted by Crippen LogP contribution is -2.23. The number of fused-ring (bicyclic) bond motifs is 2. The second kappa shape index (κ2) is 8.68. The van der Waals surface area contributed by atoms with Gasteiger partial charge >= 0.3 is 0 Å². The van der Waals surface area contributed by atoms with Crippen molar-refractivity contribution >= 4 is 44.9 Å². The highest BCUT2D eigenvalue weighted by Crippen LogP contribution is 2.33. The molecule has 0 atom stereocenters. The first kappa shape index (κ1) is 20.6. The van der Waals surface area contributed by atoms with Gasteiger partial charge in [0.15, 0.2) is 16.7 Å². The van der Waals surface area contributed by atoms with E-state index in [1.807, 2.05) is 42.6 Å². The van der Waals surface area contributed by atoms with E-state index in [4.69, 9.17) is 9.47 Å². The SMILES string of the molecule is Cc1ccccc1-n1c(SCC(=O)Nc2ccc3c(c2)OCCO3)nc2ccsc2c1=O. The van der Waals surface area contributed by atoms with Crippen molar-refractivity contribution in [2.45, 2.75) is 12.1 Å². The summed E-state index contributed by atoms with van der Waals surface area (Å²) in [6.45, 7) is 2.94. The Morgan fingerprint density at radius 3 is 2.81 bits per heavy atom. The molecular formula is C23H19N3O4S2. The van der Waals surface area contributed by atoms with E-state index in [-0.39, 0.29) is 17.2 Å². The number of thiophene rings is 1. The number of anilines is 1. The Balaban J connectivity index is 1.40. The molecule has 2 aromatic carbocycles. The second-order valence-electron chi connectivity index (χ2n) is 7.15. The fourth-order valence-corrected chi connectivity index (χ4v) is 5.03. The summed E-state index contributed by atoms with van der Waals surface area (Å²) in [6, 6.07) is 14.8. The van der Waals surface area contributed by atoms with Crippen LogP contribution < -0.4 is 20.3 Å². The van der Waals surface area contributed by atoms with Gasteiger partial charge in [0, 0.05) is 11.8 Å². The third-order valence-electron chi connectivity index (χ3n) is 4.96. The summed E-state index contributed by atoms with van der Waals surface area (Å²) in [4.78, 5) is 30.5. The molecule has 9 heteroatoms. The van der Waals surface area contributed by atoms with E-state index >= 15 is 0 Å². The highest BCUT2D eigenvalue weighted by molar-refractivity contribution is 7.99. The Kier molecular flexibility index (Phi) is 5.59. The van der Waals surface area contributed by atoms with Gasteiger partial charge in [-0.15, -0.1) is 11.3 Å². The quantitative estimate of drug-likeness (QED) is 0.350. The summed E-state index contributed by atoms with van der Waals surface area (Å²) in [7, 11) is 0. The molecule has 0 bridgehead atoms. The third-order valence-corrected chi connectivity index (χ3v) is 6.79. The van der Waals surface area contributed by atoms with Crippen LogP contribution >= 0.6 is 23.1 Å². The van der Waals surface area contributed by atoms with E-state index in [9.17, 15) is 9.59 Å². The smallest absolute Gasteiger partial charge is 0.276 e. The maximum atomic E-state index is 13.2. The van der Waals surface area contributed by atoms with E-state index in [0.29, 0.717) is 45.8 Å². The summed E-state index contributed by atoms with van der Waals surface area (Å²) >= 11 is 2.60. The van der Waals surface area contributed by atoms with E-state index < -0.39 is 0 Å². The van der Waals surface area contributed by atoms with Gasteiger partial charge < -0.3 is 14.8 Å². The number of ether oxygens (including phenoxy) is 2. The monoisotopic (exact) mass is 465 g/mol. The van der Waals surface area contributed by atoms with Gasteiger partial charge in [-0.3, -0.25) is 14.2 Å². The highest BCUT2D eigenvalue weighted by Gasteiger charge is 2.17. The standard InChI is InChI=1S/C23H19N3O4S2/c1-14-4-2-3-5-17(14)26-22(28)21-16(8-11-31-21)25-23(26)32-13-20(27)24-15-6-7-18-19(12-15)30-10-9-29-18/h2-8,11-12H,9-10,13H2,1H3,(H,24,27). The maximum Gasteiger partial charge on any atom is 0.276 e. The number of hydrogen-bond acceptors (Lipinski definition) is 7. The molecule has 162 valence electrons. The lowest BCUT2D eigenvalue weighted by atomic mass is 10.2. The molecule has 0 saturated heterocycles. The number of amides is 1. The van der Waals surface area contributed by atoms with Crippen molar-refractivity contribution in [1.29, 1.82) is 0 Å². The predicted octanol–water partition coefficient (Wildman–Crippen LogP) is 4.26. The number of aryl methyl sites for hydroxylation is 1. The fraction of sp³-hybridized carbons (Fsp3) is 0.174. The van der Waals surface area contributed by atoms with Crippen molar-refractivity contribution in [3.8, 4) is 17.2 Å². The van der Waals surface area contributed by atoms with Gasteiger partial charge in [0.1, 0.15) is 17.9 Å². The van der Waals surface area contributed by atoms with E-state index in [0.717, 1.165) is 11.3 Å². The summed E-state index contributed by atoms with van der Waals surface area (Å²) in [5.41, 5.74) is 2.84. The van der Waals surface area contributed by atoms with E-state index in [1.54, 1.807) is 22.8 Å². The molecule has 0 fully saturated rings. The Morgan fingerprint density at radius 2 is 1.97 bits per heavy atom. The normalized spacial score (nSPS) is 12.7. The number of aromatic nitrogens is 2. The zero-order valence-electron chi connectivity index (χ0n) is 17.2. The fourth-order valence-electron chi connectivity index (χ4n) is 3.46. The topological polar surface area (TPSA) is 82.5 Å². The van der Waals surface area contributed by atoms with E-state index in [2.05, 4.69) is 10.3 Å². The second-order valence-corrected chi connectivity index (χ2v) is 9.01. The molecule has 7 nitrogen and oxygen atoms in total. The van der Waals surface area contributed by atoms with Crippen molar-refractivity contribution in [3.05, 3.63) is 69.8 Å². The van der Waals surface area contributed by atoms with Crippen LogP contribution in [0.25, 0.3) is 15.9 Å². The molecule has 0 unspecified atom stereocenters. The zero-order chi connectivity index (χ0) is 22.1. The first-order valence-electron chi connectivity index (χ1n) is 9.99. The number of nitrogens with zero attached hydrogens (tertiary/aromatic N) is 2. The summed E-state index contributed by atoms with van der Waals surface area (Å²) in [5.74, 6) is 1.17. The van der Waals surface area contributed by atoms with Crippen LogP contribution in [-0.4, -0.2) is 34.4 Å². The minimum Gasteiger partial charge on any atom is -0.486 e. The average molecular weight is 466 g/mol. The molecule has 32 heavy (non-hydrogen) atoms. The summed E-state index contributed by atoms with van der Waals surface area (Å²) in [5, 5.41) is 5.20. The molecule has 2 aromatic heterocycles. The zero-order valence-corrected chi connectivity index (χ0v) is 18.8. The van der Waals surface area contributed by atoms with Crippen molar-refractivity contribution in [2.75, 3.05) is 24.3 Å². The van der Waals surface area contributed by atoms with Crippen LogP contribution in [0.1, 0.15) is 5.56 Å². The molecule has 0 saturated carbocycles. The van der Waals surface area contributed by atoms with Crippen molar-refractivity contribution in [3.63, 3.8) is 0 Å². The lowest BCUT2D eigenvalue weighted by molar-refractivity contribution is -0.113. The first-order chi connectivity index (χ1) is 15.6. The molecule has 0 spiro atoms. The van der Waals surface area contributed by atoms with E-state index in [1.165, 1.54) is 23.1 Å².